The van der Waals surface area contributed by atoms with Crippen LogP contribution in [0.1, 0.15) is 214 Å². The van der Waals surface area contributed by atoms with Gasteiger partial charge >= 0.3 is 0 Å². The zero-order valence-electron chi connectivity index (χ0n) is 30.7. The minimum atomic E-state index is -1.89. The maximum absolute atomic E-state index is 13.3. The summed E-state index contributed by atoms with van der Waals surface area (Å²) in [5.41, 5.74) is -1.89. The molecule has 0 aromatic heterocycles. The summed E-state index contributed by atoms with van der Waals surface area (Å²) in [5.74, 6) is -1.34. The number of nitrogens with two attached hydrogens (primary N) is 1. The van der Waals surface area contributed by atoms with Crippen molar-refractivity contribution in [1.29, 1.82) is 0 Å². The highest BCUT2D eigenvalue weighted by atomic mass is 79.9. The van der Waals surface area contributed by atoms with Crippen molar-refractivity contribution in [2.75, 3.05) is 0 Å². The maximum Gasteiger partial charge on any atom is 0.269 e. The Morgan fingerprint density at radius 3 is 1.13 bits per heavy atom. The first-order valence-electron chi connectivity index (χ1n) is 19.5. The Bertz CT molecular complexity index is 673. The molecule has 0 heterocycles. The van der Waals surface area contributed by atoms with E-state index in [1.54, 1.807) is 6.92 Å². The molecule has 3 atom stereocenters. The Hall–Kier alpha value is -0.300. The molecule has 0 amide bonds. The molecule has 0 fully saturated rings. The van der Waals surface area contributed by atoms with Crippen molar-refractivity contribution in [3.8, 4) is 0 Å². The van der Waals surface area contributed by atoms with Crippen LogP contribution in [0.25, 0.3) is 0 Å². The quantitative estimate of drug-likeness (QED) is 0.0500. The highest BCUT2D eigenvalue weighted by Crippen LogP contribution is 2.21. The molecule has 6 heteroatoms. The Labute approximate surface area is 291 Å². The smallest absolute Gasteiger partial charge is 0.269 e. The average Bonchev–Trinajstić information content (AvgIpc) is 3.00. The van der Waals surface area contributed by atoms with Gasteiger partial charge in [0.15, 0.2) is 6.23 Å². The highest BCUT2D eigenvalue weighted by Gasteiger charge is 2.49. The maximum atomic E-state index is 13.3. The third kappa shape index (κ3) is 25.4. The molecule has 0 aliphatic heterocycles. The number of ketones is 2. The van der Waals surface area contributed by atoms with Gasteiger partial charge in [-0.15, -0.1) is 0 Å². The number of aliphatic hydroxyl groups is 2. The van der Waals surface area contributed by atoms with E-state index in [1.807, 2.05) is 13.8 Å². The summed E-state index contributed by atoms with van der Waals surface area (Å²) in [7, 11) is 0. The van der Waals surface area contributed by atoms with Crippen LogP contribution in [0.4, 0.5) is 0 Å². The van der Waals surface area contributed by atoms with E-state index in [-0.39, 0.29) is 40.9 Å². The number of rotatable bonds is 34. The monoisotopic (exact) mass is 704 g/mol. The number of aliphatic hydroxyl groups excluding tert-OH is 1. The molecule has 4 N–H and O–H groups in total. The zero-order valence-corrected chi connectivity index (χ0v) is 32.3. The molecular formula is C39H78BrNO4. The Balaban J connectivity index is 0. The van der Waals surface area contributed by atoms with Crippen LogP contribution in [-0.4, -0.2) is 33.7 Å². The van der Waals surface area contributed by atoms with Gasteiger partial charge < -0.3 is 27.2 Å². The molecule has 0 aliphatic rings. The molecule has 3 unspecified atom stereocenters. The fourth-order valence-electron chi connectivity index (χ4n) is 6.21. The summed E-state index contributed by atoms with van der Waals surface area (Å²) in [4.78, 5) is 26.4. The van der Waals surface area contributed by atoms with Gasteiger partial charge in [0.05, 0.1) is 0 Å². The molecule has 0 aromatic carbocycles. The lowest BCUT2D eigenvalue weighted by molar-refractivity contribution is -0.813. The Kier molecular flexibility index (Phi) is 33.6. The number of carbonyl (C=O) groups is 2. The first-order valence-corrected chi connectivity index (χ1v) is 19.5. The van der Waals surface area contributed by atoms with Crippen LogP contribution >= 0.6 is 0 Å². The van der Waals surface area contributed by atoms with Crippen LogP contribution in [0.15, 0.2) is 0 Å². The van der Waals surface area contributed by atoms with Gasteiger partial charge in [0, 0.05) is 18.8 Å². The van der Waals surface area contributed by atoms with Crippen LogP contribution in [0.2, 0.25) is 0 Å². The zero-order chi connectivity index (χ0) is 32.9. The largest absolute Gasteiger partial charge is 1.00 e. The van der Waals surface area contributed by atoms with E-state index >= 15 is 0 Å². The van der Waals surface area contributed by atoms with Crippen LogP contribution in [-0.2, 0) is 9.59 Å². The van der Waals surface area contributed by atoms with E-state index in [1.165, 1.54) is 134 Å². The second-order valence-corrected chi connectivity index (χ2v) is 14.3. The summed E-state index contributed by atoms with van der Waals surface area (Å²) in [6.07, 6.45) is 32.0. The summed E-state index contributed by atoms with van der Waals surface area (Å²) in [6, 6.07) is 0. The fraction of sp³-hybridized carbons (Fsp3) is 0.949. The van der Waals surface area contributed by atoms with Gasteiger partial charge in [0.1, 0.15) is 11.7 Å². The van der Waals surface area contributed by atoms with Gasteiger partial charge in [-0.25, -0.2) is 0 Å². The van der Waals surface area contributed by atoms with E-state index in [9.17, 15) is 19.8 Å². The van der Waals surface area contributed by atoms with Gasteiger partial charge in [0.25, 0.3) is 5.72 Å². The van der Waals surface area contributed by atoms with Crippen LogP contribution < -0.4 is 22.3 Å². The van der Waals surface area contributed by atoms with E-state index < -0.39 is 17.9 Å². The van der Waals surface area contributed by atoms with E-state index in [0.717, 1.165) is 38.5 Å². The molecule has 0 bridgehead atoms. The van der Waals surface area contributed by atoms with Gasteiger partial charge in [-0.3, -0.25) is 14.9 Å². The SMILES string of the molecule is CCCCCCCCCCCCCCCC(=O)C(C)C(O)([NH2+]C(O)C(C)C)C(=O)CCCCCCCCCCCCCCC.[Br-]. The topological polar surface area (TPSA) is 91.2 Å². The Morgan fingerprint density at radius 2 is 0.822 bits per heavy atom. The summed E-state index contributed by atoms with van der Waals surface area (Å²) in [6.45, 7) is 9.92. The second kappa shape index (κ2) is 32.3. The van der Waals surface area contributed by atoms with E-state index in [2.05, 4.69) is 13.8 Å². The number of unbranched alkanes of at least 4 members (excludes halogenated alkanes) is 24. The number of Topliss-reactive ketones (excluding diaryl/α,β-unsaturated/α-hetero) is 2. The van der Waals surface area contributed by atoms with Crippen molar-refractivity contribution in [2.45, 2.75) is 226 Å². The molecule has 5 nitrogen and oxygen atoms in total. The van der Waals surface area contributed by atoms with Crippen LogP contribution in [0, 0.1) is 11.8 Å². The summed E-state index contributed by atoms with van der Waals surface area (Å²) < 4.78 is 0. The minimum Gasteiger partial charge on any atom is -1.00 e. The van der Waals surface area contributed by atoms with Crippen LogP contribution in [0.5, 0.6) is 0 Å². The number of hydrogen-bond acceptors (Lipinski definition) is 4. The van der Waals surface area contributed by atoms with E-state index in [4.69, 9.17) is 0 Å². The fourth-order valence-corrected chi connectivity index (χ4v) is 6.21. The van der Waals surface area contributed by atoms with Gasteiger partial charge in [-0.1, -0.05) is 182 Å². The predicted octanol–water partition coefficient (Wildman–Crippen LogP) is 6.95. The Morgan fingerprint density at radius 1 is 0.533 bits per heavy atom. The third-order valence-corrected chi connectivity index (χ3v) is 9.73. The number of quaternary nitrogens is 1. The number of carbonyl (C=O) groups excluding carboxylic acids is 2. The lowest BCUT2D eigenvalue weighted by Crippen LogP contribution is -3.05. The summed E-state index contributed by atoms with van der Waals surface area (Å²) >= 11 is 0. The van der Waals surface area contributed by atoms with Crippen molar-refractivity contribution in [1.82, 2.24) is 0 Å². The predicted molar refractivity (Wildman–Crippen MR) is 188 cm³/mol. The minimum absolute atomic E-state index is 0. The van der Waals surface area contributed by atoms with Crippen molar-refractivity contribution in [3.63, 3.8) is 0 Å². The van der Waals surface area contributed by atoms with Crippen molar-refractivity contribution in [3.05, 3.63) is 0 Å². The van der Waals surface area contributed by atoms with Crippen LogP contribution in [0.3, 0.4) is 0 Å². The first-order chi connectivity index (χ1) is 21.2. The highest BCUT2D eigenvalue weighted by molar-refractivity contribution is 5.92. The molecule has 45 heavy (non-hydrogen) atoms. The lowest BCUT2D eigenvalue weighted by atomic mass is 9.85. The van der Waals surface area contributed by atoms with Crippen molar-refractivity contribution >= 4 is 11.6 Å². The molecule has 0 aromatic rings. The van der Waals surface area contributed by atoms with Crippen molar-refractivity contribution in [2.24, 2.45) is 11.8 Å². The molecule has 270 valence electrons. The molecule has 0 saturated carbocycles. The molecule has 0 rings (SSSR count). The second-order valence-electron chi connectivity index (χ2n) is 14.3. The van der Waals surface area contributed by atoms with Gasteiger partial charge in [0.2, 0.25) is 5.78 Å². The van der Waals surface area contributed by atoms with E-state index in [0.29, 0.717) is 6.42 Å². The van der Waals surface area contributed by atoms with Crippen molar-refractivity contribution < 1.29 is 42.1 Å². The standard InChI is InChI=1S/C39H77NO4.BrH/c1-6-8-10-12-14-16-18-20-22-24-26-28-30-32-36(41)35(5)39(44,40-38(43)34(3)4)37(42)33-31-29-27-25-23-21-19-17-15-13-11-9-7-2;/h34-35,38,40,43-44H,6-33H2,1-5H3;1H. The average molecular weight is 705 g/mol. The third-order valence-electron chi connectivity index (χ3n) is 9.73. The van der Waals surface area contributed by atoms with Gasteiger partial charge in [-0.2, -0.15) is 0 Å². The lowest BCUT2D eigenvalue weighted by Gasteiger charge is -2.32. The molecule has 0 spiro atoms. The summed E-state index contributed by atoms with van der Waals surface area (Å²) in [5, 5.41) is 23.4. The molecule has 0 aliphatic carbocycles. The van der Waals surface area contributed by atoms with Gasteiger partial charge in [-0.05, 0) is 19.8 Å². The molecular weight excluding hydrogens is 626 g/mol. The molecule has 0 radical (unpaired) electrons. The number of halogens is 1. The molecule has 0 saturated heterocycles. The first kappa shape index (κ1) is 46.8. The number of hydrogen-bond donors (Lipinski definition) is 3. The normalized spacial score (nSPS) is 14.2.